The summed E-state index contributed by atoms with van der Waals surface area (Å²) in [6.07, 6.45) is 1.09. The molecule has 0 aliphatic carbocycles. The summed E-state index contributed by atoms with van der Waals surface area (Å²) in [6.45, 7) is 1.23. The van der Waals surface area contributed by atoms with Crippen LogP contribution in [-0.4, -0.2) is 26.0 Å². The predicted molar refractivity (Wildman–Crippen MR) is 106 cm³/mol. The number of nitrogen functional groups attached to an aromatic ring is 1. The summed E-state index contributed by atoms with van der Waals surface area (Å²) in [5.74, 6) is -0.259. The molecule has 0 bridgehead atoms. The second-order valence-electron chi connectivity index (χ2n) is 5.49. The lowest BCUT2D eigenvalue weighted by molar-refractivity contribution is -0.120. The minimum absolute atomic E-state index is 0. The molecule has 2 aromatic carbocycles. The van der Waals surface area contributed by atoms with Crippen LogP contribution in [0.15, 0.2) is 48.5 Å². The highest BCUT2D eigenvalue weighted by Gasteiger charge is 2.07. The number of hydrogen-bond acceptors (Lipinski definition) is 3. The molecule has 0 atom stereocenters. The lowest BCUT2D eigenvalue weighted by Crippen LogP contribution is -2.29. The van der Waals surface area contributed by atoms with Crippen LogP contribution < -0.4 is 16.0 Å². The van der Waals surface area contributed by atoms with Gasteiger partial charge in [-0.25, -0.2) is 4.39 Å². The van der Waals surface area contributed by atoms with Crippen LogP contribution in [0.5, 0.6) is 0 Å². The summed E-state index contributed by atoms with van der Waals surface area (Å²) >= 11 is 0. The number of halogens is 3. The normalized spacial score (nSPS) is 9.52. The van der Waals surface area contributed by atoms with Gasteiger partial charge in [-0.3, -0.25) is 4.79 Å². The van der Waals surface area contributed by atoms with Crippen LogP contribution in [0.2, 0.25) is 0 Å². The first-order chi connectivity index (χ1) is 11.1. The molecule has 0 unspecified atom stereocenters. The Bertz CT molecular complexity index is 653. The molecule has 0 heterocycles. The van der Waals surface area contributed by atoms with E-state index in [0.717, 1.165) is 12.0 Å². The number of rotatable bonds is 7. The Hall–Kier alpha value is -1.98. The molecule has 4 nitrogen and oxygen atoms in total. The molecule has 138 valence electrons. The van der Waals surface area contributed by atoms with Crippen LogP contribution in [0, 0.1) is 5.82 Å². The van der Waals surface area contributed by atoms with Crippen LogP contribution in [0.4, 0.5) is 15.8 Å². The van der Waals surface area contributed by atoms with Crippen LogP contribution in [-0.2, 0) is 11.2 Å². The zero-order valence-electron chi connectivity index (χ0n) is 14.1. The lowest BCUT2D eigenvalue weighted by Gasteiger charge is -2.19. The Kier molecular flexibility index (Phi) is 10.6. The van der Waals surface area contributed by atoms with E-state index < -0.39 is 0 Å². The quantitative estimate of drug-likeness (QED) is 0.564. The van der Waals surface area contributed by atoms with E-state index in [-0.39, 0.29) is 36.5 Å². The molecule has 0 fully saturated rings. The van der Waals surface area contributed by atoms with Gasteiger partial charge in [-0.15, -0.1) is 24.8 Å². The van der Waals surface area contributed by atoms with E-state index in [1.807, 2.05) is 30.1 Å². The molecule has 25 heavy (non-hydrogen) atoms. The van der Waals surface area contributed by atoms with E-state index in [1.165, 1.54) is 6.07 Å². The average molecular weight is 388 g/mol. The summed E-state index contributed by atoms with van der Waals surface area (Å²) in [7, 11) is 1.84. The van der Waals surface area contributed by atoms with E-state index in [0.29, 0.717) is 30.9 Å². The molecule has 2 aromatic rings. The Balaban J connectivity index is 0.00000288. The summed E-state index contributed by atoms with van der Waals surface area (Å²) in [5, 5.41) is 2.88. The highest BCUT2D eigenvalue weighted by molar-refractivity contribution is 5.85. The third kappa shape index (κ3) is 7.63. The summed E-state index contributed by atoms with van der Waals surface area (Å²) in [4.78, 5) is 13.7. The minimum Gasteiger partial charge on any atom is -0.399 e. The van der Waals surface area contributed by atoms with E-state index in [9.17, 15) is 9.18 Å². The van der Waals surface area contributed by atoms with Gasteiger partial charge in [0.25, 0.3) is 0 Å². The van der Waals surface area contributed by atoms with Crippen molar-refractivity contribution in [2.45, 2.75) is 12.8 Å². The third-order valence-electron chi connectivity index (χ3n) is 3.60. The zero-order chi connectivity index (χ0) is 16.7. The SMILES string of the molecule is CN(CCCNC(=O)Cc1ccc(N)cc1)c1ccccc1F.Cl.Cl. The largest absolute Gasteiger partial charge is 0.399 e. The van der Waals surface area contributed by atoms with E-state index in [2.05, 4.69) is 5.32 Å². The summed E-state index contributed by atoms with van der Waals surface area (Å²) in [6, 6.07) is 13.9. The van der Waals surface area contributed by atoms with Gasteiger partial charge < -0.3 is 16.0 Å². The van der Waals surface area contributed by atoms with Crippen molar-refractivity contribution in [1.29, 1.82) is 0 Å². The third-order valence-corrected chi connectivity index (χ3v) is 3.60. The smallest absolute Gasteiger partial charge is 0.224 e. The molecule has 0 aliphatic rings. The molecule has 1 amide bonds. The number of nitrogens with one attached hydrogen (secondary N) is 1. The van der Waals surface area contributed by atoms with Crippen molar-refractivity contribution in [2.24, 2.45) is 0 Å². The maximum Gasteiger partial charge on any atom is 0.224 e. The molecule has 7 heteroatoms. The fourth-order valence-electron chi connectivity index (χ4n) is 2.31. The second kappa shape index (κ2) is 11.6. The highest BCUT2D eigenvalue weighted by Crippen LogP contribution is 2.16. The number of carbonyl (C=O) groups excluding carboxylic acids is 1. The molecule has 0 saturated heterocycles. The fourth-order valence-corrected chi connectivity index (χ4v) is 2.31. The number of amides is 1. The fraction of sp³-hybridized carbons (Fsp3) is 0.278. The lowest BCUT2D eigenvalue weighted by atomic mass is 10.1. The molecular formula is C18H24Cl2FN3O. The van der Waals surface area contributed by atoms with Gasteiger partial charge in [0.15, 0.2) is 0 Å². The molecule has 0 saturated carbocycles. The second-order valence-corrected chi connectivity index (χ2v) is 5.49. The Morgan fingerprint density at radius 2 is 1.76 bits per heavy atom. The minimum atomic E-state index is -0.234. The Labute approximate surface area is 160 Å². The molecule has 2 rings (SSSR count). The van der Waals surface area contributed by atoms with E-state index >= 15 is 0 Å². The highest BCUT2D eigenvalue weighted by atomic mass is 35.5. The van der Waals surface area contributed by atoms with Crippen molar-refractivity contribution in [1.82, 2.24) is 5.32 Å². The predicted octanol–water partition coefficient (Wildman–Crippen LogP) is 3.44. The number of nitrogens with two attached hydrogens (primary N) is 1. The van der Waals surface area contributed by atoms with E-state index in [4.69, 9.17) is 5.73 Å². The molecule has 0 radical (unpaired) electrons. The number of para-hydroxylation sites is 1. The number of benzene rings is 2. The van der Waals surface area contributed by atoms with Crippen molar-refractivity contribution >= 4 is 42.1 Å². The van der Waals surface area contributed by atoms with Crippen LogP contribution >= 0.6 is 24.8 Å². The van der Waals surface area contributed by atoms with Gasteiger partial charge in [-0.2, -0.15) is 0 Å². The van der Waals surface area contributed by atoms with Crippen LogP contribution in [0.1, 0.15) is 12.0 Å². The average Bonchev–Trinajstić information content (AvgIpc) is 2.54. The summed E-state index contributed by atoms with van der Waals surface area (Å²) in [5.41, 5.74) is 7.80. The van der Waals surface area contributed by atoms with E-state index in [1.54, 1.807) is 24.3 Å². The molecule has 0 aliphatic heterocycles. The number of nitrogens with zero attached hydrogens (tertiary/aromatic N) is 1. The Morgan fingerprint density at radius 3 is 2.40 bits per heavy atom. The maximum atomic E-state index is 13.6. The van der Waals surface area contributed by atoms with Crippen LogP contribution in [0.3, 0.4) is 0 Å². The number of carbonyl (C=O) groups is 1. The van der Waals surface area contributed by atoms with Gasteiger partial charge in [0.2, 0.25) is 5.91 Å². The first kappa shape index (κ1) is 23.0. The molecular weight excluding hydrogens is 364 g/mol. The zero-order valence-corrected chi connectivity index (χ0v) is 15.7. The number of anilines is 2. The van der Waals surface area contributed by atoms with Crippen molar-refractivity contribution in [3.63, 3.8) is 0 Å². The van der Waals surface area contributed by atoms with Gasteiger partial charge in [-0.1, -0.05) is 24.3 Å². The van der Waals surface area contributed by atoms with Gasteiger partial charge >= 0.3 is 0 Å². The van der Waals surface area contributed by atoms with Crippen molar-refractivity contribution in [3.8, 4) is 0 Å². The van der Waals surface area contributed by atoms with Gasteiger partial charge in [-0.05, 0) is 36.2 Å². The standard InChI is InChI=1S/C18H22FN3O.2ClH/c1-22(17-6-3-2-5-16(17)19)12-4-11-21-18(23)13-14-7-9-15(20)10-8-14;;/h2-3,5-10H,4,11-13,20H2,1H3,(H,21,23);2*1H. The topological polar surface area (TPSA) is 58.4 Å². The first-order valence-corrected chi connectivity index (χ1v) is 7.63. The summed E-state index contributed by atoms with van der Waals surface area (Å²) < 4.78 is 13.6. The molecule has 3 N–H and O–H groups in total. The maximum absolute atomic E-state index is 13.6. The molecule has 0 aromatic heterocycles. The van der Waals surface area contributed by atoms with Gasteiger partial charge in [0.05, 0.1) is 12.1 Å². The molecule has 0 spiro atoms. The van der Waals surface area contributed by atoms with Crippen LogP contribution in [0.25, 0.3) is 0 Å². The monoisotopic (exact) mass is 387 g/mol. The van der Waals surface area contributed by atoms with Crippen molar-refractivity contribution < 1.29 is 9.18 Å². The Morgan fingerprint density at radius 1 is 1.12 bits per heavy atom. The first-order valence-electron chi connectivity index (χ1n) is 7.63. The van der Waals surface area contributed by atoms with Gasteiger partial charge in [0, 0.05) is 25.8 Å². The van der Waals surface area contributed by atoms with Crippen molar-refractivity contribution in [2.75, 3.05) is 30.8 Å². The van der Waals surface area contributed by atoms with Crippen molar-refractivity contribution in [3.05, 3.63) is 59.9 Å². The number of hydrogen-bond donors (Lipinski definition) is 2. The van der Waals surface area contributed by atoms with Gasteiger partial charge in [0.1, 0.15) is 5.82 Å².